The Morgan fingerprint density at radius 3 is 2.70 bits per heavy atom. The first-order chi connectivity index (χ1) is 14.7. The number of likely N-dealkylation sites (tertiary alicyclic amines) is 1. The second-order valence-electron chi connectivity index (χ2n) is 8.13. The summed E-state index contributed by atoms with van der Waals surface area (Å²) in [4.78, 5) is 14.7. The van der Waals surface area contributed by atoms with E-state index in [0.29, 0.717) is 17.9 Å². The van der Waals surface area contributed by atoms with Gasteiger partial charge in [0.05, 0.1) is 6.61 Å². The average molecular weight is 406 g/mol. The number of fused-ring (bicyclic) bond motifs is 1. The molecule has 1 aliphatic heterocycles. The lowest BCUT2D eigenvalue weighted by molar-refractivity contribution is 0.0961. The number of ketones is 1. The predicted octanol–water partition coefficient (Wildman–Crippen LogP) is 5.73. The largest absolute Gasteiger partial charge is 0.493 e. The summed E-state index contributed by atoms with van der Waals surface area (Å²) in [5, 5.41) is 2.36. The summed E-state index contributed by atoms with van der Waals surface area (Å²) in [7, 11) is 0. The highest BCUT2D eigenvalue weighted by Crippen LogP contribution is 2.26. The molecule has 30 heavy (non-hydrogen) atoms. The van der Waals surface area contributed by atoms with Crippen LogP contribution in [-0.4, -0.2) is 36.9 Å². The second kappa shape index (κ2) is 9.86. The van der Waals surface area contributed by atoms with Crippen LogP contribution in [0.1, 0.15) is 36.0 Å². The van der Waals surface area contributed by atoms with Crippen molar-refractivity contribution in [3.8, 4) is 5.75 Å². The van der Waals surface area contributed by atoms with E-state index in [1.165, 1.54) is 23.9 Å². The number of carbonyl (C=O) groups excluding carboxylic acids is 1. The molecule has 4 rings (SSSR count). The molecule has 1 atom stereocenters. The summed E-state index contributed by atoms with van der Waals surface area (Å²) in [6.45, 7) is 3.72. The Balaban J connectivity index is 1.24. The number of benzene rings is 3. The molecular weight excluding hydrogens is 377 g/mol. The lowest BCUT2D eigenvalue weighted by Gasteiger charge is -2.32. The van der Waals surface area contributed by atoms with Crippen LogP contribution < -0.4 is 4.74 Å². The molecule has 3 aromatic rings. The number of piperidine rings is 1. The molecule has 1 fully saturated rings. The number of hydrogen-bond acceptors (Lipinski definition) is 3. The molecule has 0 amide bonds. The number of Topliss-reactive ketones (excluding diaryl/α,β-unsaturated/α-hetero) is 1. The highest BCUT2D eigenvalue weighted by Gasteiger charge is 2.21. The first-order valence-corrected chi connectivity index (χ1v) is 10.8. The predicted molar refractivity (Wildman–Crippen MR) is 119 cm³/mol. The molecule has 1 saturated heterocycles. The summed E-state index contributed by atoms with van der Waals surface area (Å²) in [5.41, 5.74) is 0.594. The van der Waals surface area contributed by atoms with Crippen LogP contribution in [0.5, 0.6) is 5.75 Å². The third-order valence-electron chi connectivity index (χ3n) is 5.87. The third kappa shape index (κ3) is 5.25. The average Bonchev–Trinajstić information content (AvgIpc) is 2.78. The van der Waals surface area contributed by atoms with E-state index in [2.05, 4.69) is 23.1 Å². The van der Waals surface area contributed by atoms with Crippen molar-refractivity contribution >= 4 is 16.6 Å². The van der Waals surface area contributed by atoms with Gasteiger partial charge < -0.3 is 9.64 Å². The van der Waals surface area contributed by atoms with Gasteiger partial charge in [0.2, 0.25) is 0 Å². The number of carbonyl (C=O) groups is 1. The molecule has 0 radical (unpaired) electrons. The van der Waals surface area contributed by atoms with Gasteiger partial charge in [-0.2, -0.15) is 0 Å². The maximum Gasteiger partial charge on any atom is 0.162 e. The van der Waals surface area contributed by atoms with E-state index >= 15 is 0 Å². The highest BCUT2D eigenvalue weighted by molar-refractivity contribution is 5.96. The van der Waals surface area contributed by atoms with Gasteiger partial charge in [0, 0.05) is 29.8 Å². The van der Waals surface area contributed by atoms with Gasteiger partial charge in [0.1, 0.15) is 11.6 Å². The molecule has 1 aliphatic rings. The quantitative estimate of drug-likeness (QED) is 0.448. The molecule has 3 aromatic carbocycles. The van der Waals surface area contributed by atoms with Crippen LogP contribution in [0.2, 0.25) is 0 Å². The van der Waals surface area contributed by atoms with Crippen molar-refractivity contribution in [1.29, 1.82) is 0 Å². The van der Waals surface area contributed by atoms with E-state index in [1.54, 1.807) is 12.1 Å². The minimum absolute atomic E-state index is 0.0860. The molecule has 0 aliphatic carbocycles. The molecule has 0 aromatic heterocycles. The van der Waals surface area contributed by atoms with Crippen molar-refractivity contribution < 1.29 is 13.9 Å². The number of rotatable bonds is 8. The van der Waals surface area contributed by atoms with Crippen molar-refractivity contribution in [1.82, 2.24) is 4.90 Å². The van der Waals surface area contributed by atoms with Crippen LogP contribution in [0.25, 0.3) is 10.8 Å². The van der Waals surface area contributed by atoms with Gasteiger partial charge in [-0.3, -0.25) is 4.79 Å². The molecule has 0 bridgehead atoms. The fraction of sp³-hybridized carbons (Fsp3) is 0.346. The van der Waals surface area contributed by atoms with Crippen LogP contribution in [0.15, 0.2) is 66.7 Å². The minimum Gasteiger partial charge on any atom is -0.493 e. The van der Waals surface area contributed by atoms with Crippen molar-refractivity contribution in [3.63, 3.8) is 0 Å². The molecule has 1 unspecified atom stereocenters. The normalized spacial score (nSPS) is 17.2. The van der Waals surface area contributed by atoms with Gasteiger partial charge >= 0.3 is 0 Å². The van der Waals surface area contributed by atoms with E-state index in [0.717, 1.165) is 50.2 Å². The second-order valence-corrected chi connectivity index (χ2v) is 8.13. The molecule has 156 valence electrons. The maximum absolute atomic E-state index is 13.0. The lowest BCUT2D eigenvalue weighted by atomic mass is 9.98. The molecule has 4 heteroatoms. The zero-order valence-corrected chi connectivity index (χ0v) is 17.2. The first kappa shape index (κ1) is 20.5. The summed E-state index contributed by atoms with van der Waals surface area (Å²) < 4.78 is 19.2. The minimum atomic E-state index is -0.309. The van der Waals surface area contributed by atoms with Crippen LogP contribution in [0.4, 0.5) is 4.39 Å². The van der Waals surface area contributed by atoms with Gasteiger partial charge in [-0.1, -0.05) is 36.4 Å². The van der Waals surface area contributed by atoms with Gasteiger partial charge in [-0.25, -0.2) is 4.39 Å². The topological polar surface area (TPSA) is 29.5 Å². The number of halogens is 1. The van der Waals surface area contributed by atoms with E-state index in [1.807, 2.05) is 24.3 Å². The van der Waals surface area contributed by atoms with E-state index < -0.39 is 0 Å². The molecule has 0 spiro atoms. The zero-order chi connectivity index (χ0) is 20.8. The fourth-order valence-corrected chi connectivity index (χ4v) is 4.26. The first-order valence-electron chi connectivity index (χ1n) is 10.8. The van der Waals surface area contributed by atoms with Crippen molar-refractivity contribution in [3.05, 3.63) is 78.1 Å². The Hall–Kier alpha value is -2.72. The van der Waals surface area contributed by atoms with Crippen molar-refractivity contribution in [2.75, 3.05) is 26.2 Å². The number of hydrogen-bond donors (Lipinski definition) is 0. The maximum atomic E-state index is 13.0. The Bertz CT molecular complexity index is 980. The van der Waals surface area contributed by atoms with E-state index in [9.17, 15) is 9.18 Å². The summed E-state index contributed by atoms with van der Waals surface area (Å²) in [5.74, 6) is 1.24. The summed E-state index contributed by atoms with van der Waals surface area (Å²) >= 11 is 0. The van der Waals surface area contributed by atoms with Crippen LogP contribution >= 0.6 is 0 Å². The van der Waals surface area contributed by atoms with Crippen molar-refractivity contribution in [2.24, 2.45) is 5.92 Å². The number of ether oxygens (including phenoxy) is 1. The Morgan fingerprint density at radius 2 is 1.83 bits per heavy atom. The zero-order valence-electron chi connectivity index (χ0n) is 17.2. The summed E-state index contributed by atoms with van der Waals surface area (Å²) in [6, 6.07) is 20.3. The highest BCUT2D eigenvalue weighted by atomic mass is 19.1. The van der Waals surface area contributed by atoms with Gasteiger partial charge in [-0.15, -0.1) is 0 Å². The third-order valence-corrected chi connectivity index (χ3v) is 5.87. The molecule has 1 heterocycles. The van der Waals surface area contributed by atoms with Crippen molar-refractivity contribution in [2.45, 2.75) is 25.7 Å². The standard InChI is InChI=1S/C26H28FNO2/c27-23-14-12-22(13-15-23)25(29)10-5-17-28-16-4-6-20(18-28)19-30-26-11-3-8-21-7-1-2-9-24(21)26/h1-3,7-9,11-15,20H,4-6,10,16-19H2. The SMILES string of the molecule is O=C(CCCN1CCCC(COc2cccc3ccccc23)C1)c1ccc(F)cc1. The lowest BCUT2D eigenvalue weighted by Crippen LogP contribution is -2.38. The van der Waals surface area contributed by atoms with Crippen LogP contribution in [0.3, 0.4) is 0 Å². The Morgan fingerprint density at radius 1 is 1.03 bits per heavy atom. The van der Waals surface area contributed by atoms with Gasteiger partial charge in [0.25, 0.3) is 0 Å². The fourth-order valence-electron chi connectivity index (χ4n) is 4.26. The van der Waals surface area contributed by atoms with E-state index in [-0.39, 0.29) is 11.6 Å². The van der Waals surface area contributed by atoms with Gasteiger partial charge in [0.15, 0.2) is 5.78 Å². The van der Waals surface area contributed by atoms with Gasteiger partial charge in [-0.05, 0) is 68.1 Å². The Kier molecular flexibility index (Phi) is 6.75. The molecule has 0 N–H and O–H groups in total. The smallest absolute Gasteiger partial charge is 0.162 e. The monoisotopic (exact) mass is 405 g/mol. The molecule has 0 saturated carbocycles. The molecular formula is C26H28FNO2. The molecule has 3 nitrogen and oxygen atoms in total. The van der Waals surface area contributed by atoms with Crippen LogP contribution in [-0.2, 0) is 0 Å². The summed E-state index contributed by atoms with van der Waals surface area (Å²) in [6.07, 6.45) is 3.66. The Labute approximate surface area is 177 Å². The van der Waals surface area contributed by atoms with Crippen LogP contribution in [0, 0.1) is 11.7 Å². The number of nitrogens with zero attached hydrogens (tertiary/aromatic N) is 1. The van der Waals surface area contributed by atoms with E-state index in [4.69, 9.17) is 4.74 Å².